The molecule has 0 spiro atoms. The third kappa shape index (κ3) is 7.85. The van der Waals surface area contributed by atoms with Gasteiger partial charge in [0.15, 0.2) is 0 Å². The van der Waals surface area contributed by atoms with Crippen LogP contribution in [0.15, 0.2) is 41.3 Å². The van der Waals surface area contributed by atoms with Crippen molar-refractivity contribution in [2.75, 3.05) is 7.11 Å². The minimum absolute atomic E-state index is 0.204. The summed E-state index contributed by atoms with van der Waals surface area (Å²) < 4.78 is 33.5. The number of ether oxygens (including phenoxy) is 1. The van der Waals surface area contributed by atoms with Gasteiger partial charge in [-0.1, -0.05) is 44.4 Å². The largest absolute Gasteiger partial charge is 0.469 e. The third-order valence-electron chi connectivity index (χ3n) is 4.96. The van der Waals surface area contributed by atoms with Gasteiger partial charge in [-0.05, 0) is 56.4 Å². The van der Waals surface area contributed by atoms with Gasteiger partial charge in [0.1, 0.15) is 0 Å². The van der Waals surface area contributed by atoms with Gasteiger partial charge in [-0.3, -0.25) is 4.79 Å². The second-order valence-corrected chi connectivity index (χ2v) is 11.0. The van der Waals surface area contributed by atoms with Gasteiger partial charge >= 0.3 is 5.97 Å². The molecule has 0 bridgehead atoms. The number of rotatable bonds is 12. The molecular formula is C23H33NO4S2. The molecule has 0 fully saturated rings. The van der Waals surface area contributed by atoms with Crippen molar-refractivity contribution in [1.82, 2.24) is 4.72 Å². The van der Waals surface area contributed by atoms with E-state index in [4.69, 9.17) is 0 Å². The van der Waals surface area contributed by atoms with Crippen molar-refractivity contribution in [2.45, 2.75) is 70.2 Å². The zero-order chi connectivity index (χ0) is 22.1. The second-order valence-electron chi connectivity index (χ2n) is 8.05. The average Bonchev–Trinajstić information content (AvgIpc) is 3.16. The summed E-state index contributed by atoms with van der Waals surface area (Å²) in [5.74, 6) is 0.376. The SMILES string of the molecule is COC(=O)CCCc1ccc(C(CCCC(C)C)NS(=O)(=O)c2ccc(C)cc2)s1. The molecule has 1 aromatic carbocycles. The Hall–Kier alpha value is -1.70. The molecule has 166 valence electrons. The maximum Gasteiger partial charge on any atom is 0.305 e. The molecule has 7 heteroatoms. The summed E-state index contributed by atoms with van der Waals surface area (Å²) in [7, 11) is -2.21. The van der Waals surface area contributed by atoms with Gasteiger partial charge in [0.2, 0.25) is 10.0 Å². The fraction of sp³-hybridized carbons (Fsp3) is 0.522. The minimum atomic E-state index is -3.60. The average molecular weight is 452 g/mol. The lowest BCUT2D eigenvalue weighted by molar-refractivity contribution is -0.140. The molecule has 0 radical (unpaired) electrons. The van der Waals surface area contributed by atoms with Gasteiger partial charge < -0.3 is 4.74 Å². The molecule has 5 nitrogen and oxygen atoms in total. The van der Waals surface area contributed by atoms with Crippen LogP contribution in [0.1, 0.15) is 67.3 Å². The predicted molar refractivity (Wildman–Crippen MR) is 122 cm³/mol. The first-order valence-electron chi connectivity index (χ1n) is 10.5. The van der Waals surface area contributed by atoms with Crippen molar-refractivity contribution >= 4 is 27.3 Å². The lowest BCUT2D eigenvalue weighted by Gasteiger charge is -2.18. The maximum absolute atomic E-state index is 13.0. The lowest BCUT2D eigenvalue weighted by atomic mass is 10.0. The van der Waals surface area contributed by atoms with Crippen LogP contribution in [-0.4, -0.2) is 21.5 Å². The predicted octanol–water partition coefficient (Wildman–Crippen LogP) is 5.40. The molecule has 1 unspecified atom stereocenters. The van der Waals surface area contributed by atoms with Gasteiger partial charge in [-0.15, -0.1) is 11.3 Å². The molecule has 1 aromatic heterocycles. The number of hydrogen-bond donors (Lipinski definition) is 1. The van der Waals surface area contributed by atoms with E-state index in [0.29, 0.717) is 12.3 Å². The molecule has 0 saturated carbocycles. The van der Waals surface area contributed by atoms with Gasteiger partial charge in [0, 0.05) is 16.2 Å². The molecular weight excluding hydrogens is 418 g/mol. The van der Waals surface area contributed by atoms with E-state index < -0.39 is 10.0 Å². The van der Waals surface area contributed by atoms with E-state index in [9.17, 15) is 13.2 Å². The van der Waals surface area contributed by atoms with Crippen molar-refractivity contribution in [3.05, 3.63) is 51.7 Å². The molecule has 2 aromatic rings. The van der Waals surface area contributed by atoms with Crippen molar-refractivity contribution in [3.8, 4) is 0 Å². The number of carbonyl (C=O) groups excluding carboxylic acids is 1. The number of esters is 1. The highest BCUT2D eigenvalue weighted by atomic mass is 32.2. The molecule has 0 saturated heterocycles. The Kier molecular flexibility index (Phi) is 9.52. The van der Waals surface area contributed by atoms with Crippen LogP contribution in [0.5, 0.6) is 0 Å². The zero-order valence-electron chi connectivity index (χ0n) is 18.3. The van der Waals surface area contributed by atoms with E-state index >= 15 is 0 Å². The Bertz CT molecular complexity index is 902. The first-order valence-corrected chi connectivity index (χ1v) is 12.8. The Morgan fingerprint density at radius 3 is 2.40 bits per heavy atom. The van der Waals surface area contributed by atoms with Gasteiger partial charge in [0.25, 0.3) is 0 Å². The minimum Gasteiger partial charge on any atom is -0.469 e. The summed E-state index contributed by atoms with van der Waals surface area (Å²) >= 11 is 1.62. The van der Waals surface area contributed by atoms with Crippen molar-refractivity contribution in [3.63, 3.8) is 0 Å². The normalized spacial score (nSPS) is 12.8. The van der Waals surface area contributed by atoms with E-state index in [-0.39, 0.29) is 16.9 Å². The lowest BCUT2D eigenvalue weighted by Crippen LogP contribution is -2.28. The number of methoxy groups -OCH3 is 1. The topological polar surface area (TPSA) is 72.5 Å². The number of thiophene rings is 1. The zero-order valence-corrected chi connectivity index (χ0v) is 19.9. The van der Waals surface area contributed by atoms with Crippen molar-refractivity contribution < 1.29 is 17.9 Å². The van der Waals surface area contributed by atoms with Crippen LogP contribution in [-0.2, 0) is 26.0 Å². The quantitative estimate of drug-likeness (QED) is 0.439. The summed E-state index contributed by atoms with van der Waals surface area (Å²) in [6.07, 6.45) is 4.66. The van der Waals surface area contributed by atoms with Gasteiger partial charge in [0.05, 0.1) is 18.0 Å². The van der Waals surface area contributed by atoms with E-state index in [2.05, 4.69) is 23.3 Å². The Morgan fingerprint density at radius 1 is 1.07 bits per heavy atom. The summed E-state index contributed by atoms with van der Waals surface area (Å²) in [4.78, 5) is 13.8. The standard InChI is InChI=1S/C23H33NO4S2/c1-17(2)7-5-9-21(24-30(26,27)20-14-11-18(3)12-15-20)22-16-13-19(29-22)8-6-10-23(25)28-4/h11-17,21,24H,5-10H2,1-4H3. The van der Waals surface area contributed by atoms with E-state index in [0.717, 1.165) is 47.4 Å². The smallest absolute Gasteiger partial charge is 0.305 e. The number of nitrogens with one attached hydrogen (secondary N) is 1. The molecule has 0 aliphatic carbocycles. The van der Waals surface area contributed by atoms with Crippen molar-refractivity contribution in [1.29, 1.82) is 0 Å². The summed E-state index contributed by atoms with van der Waals surface area (Å²) in [6, 6.07) is 10.7. The van der Waals surface area contributed by atoms with Crippen LogP contribution in [0.25, 0.3) is 0 Å². The monoisotopic (exact) mass is 451 g/mol. The van der Waals surface area contributed by atoms with Crippen LogP contribution >= 0.6 is 11.3 Å². The number of carbonyl (C=O) groups is 1. The summed E-state index contributed by atoms with van der Waals surface area (Å²) in [5.41, 5.74) is 1.03. The number of hydrogen-bond acceptors (Lipinski definition) is 5. The molecule has 30 heavy (non-hydrogen) atoms. The first kappa shape index (κ1) is 24.6. The molecule has 1 atom stereocenters. The molecule has 2 rings (SSSR count). The van der Waals surface area contributed by atoms with E-state index in [1.54, 1.807) is 23.5 Å². The van der Waals surface area contributed by atoms with Crippen LogP contribution in [0.4, 0.5) is 0 Å². The number of aryl methyl sites for hydroxylation is 2. The molecule has 0 aliphatic heterocycles. The fourth-order valence-corrected chi connectivity index (χ4v) is 5.65. The Balaban J connectivity index is 2.12. The highest BCUT2D eigenvalue weighted by molar-refractivity contribution is 7.89. The van der Waals surface area contributed by atoms with Gasteiger partial charge in [-0.2, -0.15) is 0 Å². The van der Waals surface area contributed by atoms with Crippen LogP contribution in [0.2, 0.25) is 0 Å². The molecule has 1 heterocycles. The molecule has 1 N–H and O–H groups in total. The number of sulfonamides is 1. The third-order valence-corrected chi connectivity index (χ3v) is 7.71. The van der Waals surface area contributed by atoms with Crippen LogP contribution < -0.4 is 4.72 Å². The fourth-order valence-electron chi connectivity index (χ4n) is 3.19. The van der Waals surface area contributed by atoms with Crippen LogP contribution in [0.3, 0.4) is 0 Å². The number of benzene rings is 1. The first-order chi connectivity index (χ1) is 14.2. The Morgan fingerprint density at radius 2 is 1.77 bits per heavy atom. The Labute approximate surface area is 184 Å². The van der Waals surface area contributed by atoms with E-state index in [1.807, 2.05) is 31.2 Å². The highest BCUT2D eigenvalue weighted by Crippen LogP contribution is 2.30. The summed E-state index contributed by atoms with van der Waals surface area (Å²) in [5, 5.41) is 0. The van der Waals surface area contributed by atoms with E-state index in [1.165, 1.54) is 7.11 Å². The van der Waals surface area contributed by atoms with Crippen molar-refractivity contribution in [2.24, 2.45) is 5.92 Å². The summed E-state index contributed by atoms with van der Waals surface area (Å²) in [6.45, 7) is 6.29. The van der Waals surface area contributed by atoms with Crippen LogP contribution in [0, 0.1) is 12.8 Å². The second kappa shape index (κ2) is 11.6. The maximum atomic E-state index is 13.0. The molecule has 0 aliphatic rings. The highest BCUT2D eigenvalue weighted by Gasteiger charge is 2.22. The molecule has 0 amide bonds. The van der Waals surface area contributed by atoms with Gasteiger partial charge in [-0.25, -0.2) is 13.1 Å².